The number of aliphatic carboxylic acids is 1. The van der Waals surface area contributed by atoms with Crippen LogP contribution in [0.5, 0.6) is 0 Å². The van der Waals surface area contributed by atoms with Crippen LogP contribution in [0.2, 0.25) is 0 Å². The molecule has 0 aliphatic heterocycles. The molecule has 0 unspecified atom stereocenters. The fourth-order valence-electron chi connectivity index (χ4n) is 2.14. The van der Waals surface area contributed by atoms with Gasteiger partial charge in [-0.25, -0.2) is 0 Å². The van der Waals surface area contributed by atoms with E-state index >= 15 is 0 Å². The Kier molecular flexibility index (Phi) is 4.58. The number of hydrogen-bond acceptors (Lipinski definition) is 2. The van der Waals surface area contributed by atoms with Crippen molar-refractivity contribution in [3.63, 3.8) is 0 Å². The molecule has 0 amide bonds. The fourth-order valence-corrected chi connectivity index (χ4v) is 2.14. The normalized spacial score (nSPS) is 19.1. The smallest absolute Gasteiger partial charge is 0.323 e. The second-order valence-electron chi connectivity index (χ2n) is 5.15. The molecule has 3 nitrogen and oxygen atoms in total. The Hall–Kier alpha value is -0.570. The Morgan fingerprint density at radius 3 is 2.47 bits per heavy atom. The monoisotopic (exact) mass is 213 g/mol. The molecule has 0 aromatic heterocycles. The summed E-state index contributed by atoms with van der Waals surface area (Å²) in [4.78, 5) is 10.8. The van der Waals surface area contributed by atoms with Gasteiger partial charge in [0.05, 0.1) is 0 Å². The maximum absolute atomic E-state index is 10.8. The third-order valence-corrected chi connectivity index (χ3v) is 3.38. The van der Waals surface area contributed by atoms with E-state index in [-0.39, 0.29) is 0 Å². The molecule has 2 N–H and O–H groups in total. The van der Waals surface area contributed by atoms with Gasteiger partial charge in [-0.05, 0) is 32.7 Å². The summed E-state index contributed by atoms with van der Waals surface area (Å²) in [6, 6.07) is 0. The van der Waals surface area contributed by atoms with Crippen molar-refractivity contribution in [1.29, 1.82) is 0 Å². The quantitative estimate of drug-likeness (QED) is 0.737. The molecule has 0 aromatic rings. The molecule has 3 heteroatoms. The van der Waals surface area contributed by atoms with Gasteiger partial charge in [0.25, 0.3) is 0 Å². The molecule has 15 heavy (non-hydrogen) atoms. The van der Waals surface area contributed by atoms with Crippen molar-refractivity contribution in [2.45, 2.75) is 57.9 Å². The SMILES string of the molecule is CC(C)(NCCC1CCCCC1)C(=O)O. The second kappa shape index (κ2) is 5.50. The van der Waals surface area contributed by atoms with Gasteiger partial charge in [0.2, 0.25) is 0 Å². The van der Waals surface area contributed by atoms with Gasteiger partial charge in [-0.15, -0.1) is 0 Å². The van der Waals surface area contributed by atoms with Crippen LogP contribution in [0.25, 0.3) is 0 Å². The van der Waals surface area contributed by atoms with Crippen molar-refractivity contribution < 1.29 is 9.90 Å². The lowest BCUT2D eigenvalue weighted by Crippen LogP contribution is -2.47. The first-order valence-electron chi connectivity index (χ1n) is 6.01. The summed E-state index contributed by atoms with van der Waals surface area (Å²) in [7, 11) is 0. The molecule has 0 aromatic carbocycles. The van der Waals surface area contributed by atoms with E-state index in [4.69, 9.17) is 5.11 Å². The van der Waals surface area contributed by atoms with Gasteiger partial charge in [-0.1, -0.05) is 32.1 Å². The molecule has 0 spiro atoms. The molecule has 1 aliphatic carbocycles. The van der Waals surface area contributed by atoms with E-state index in [9.17, 15) is 4.79 Å². The van der Waals surface area contributed by atoms with Crippen LogP contribution in [0.15, 0.2) is 0 Å². The van der Waals surface area contributed by atoms with Crippen LogP contribution >= 0.6 is 0 Å². The van der Waals surface area contributed by atoms with Crippen molar-refractivity contribution >= 4 is 5.97 Å². The molecule has 0 bridgehead atoms. The van der Waals surface area contributed by atoms with Crippen LogP contribution in [0, 0.1) is 5.92 Å². The average Bonchev–Trinajstić information content (AvgIpc) is 2.19. The molecule has 1 aliphatic rings. The summed E-state index contributed by atoms with van der Waals surface area (Å²) in [5.74, 6) is 0.0435. The van der Waals surface area contributed by atoms with Crippen LogP contribution in [0.3, 0.4) is 0 Å². The summed E-state index contributed by atoms with van der Waals surface area (Å²) in [6.07, 6.45) is 7.87. The van der Waals surface area contributed by atoms with Crippen LogP contribution in [0.4, 0.5) is 0 Å². The van der Waals surface area contributed by atoms with E-state index in [0.29, 0.717) is 0 Å². The van der Waals surface area contributed by atoms with E-state index in [1.807, 2.05) is 0 Å². The van der Waals surface area contributed by atoms with E-state index in [1.165, 1.54) is 32.1 Å². The van der Waals surface area contributed by atoms with Gasteiger partial charge in [0.15, 0.2) is 0 Å². The standard InChI is InChI=1S/C12H23NO2/c1-12(2,11(14)15)13-9-8-10-6-4-3-5-7-10/h10,13H,3-9H2,1-2H3,(H,14,15). The summed E-state index contributed by atoms with van der Waals surface area (Å²) >= 11 is 0. The highest BCUT2D eigenvalue weighted by atomic mass is 16.4. The van der Waals surface area contributed by atoms with E-state index in [0.717, 1.165) is 18.9 Å². The van der Waals surface area contributed by atoms with Gasteiger partial charge in [-0.2, -0.15) is 0 Å². The molecule has 1 fully saturated rings. The Balaban J connectivity index is 2.17. The summed E-state index contributed by atoms with van der Waals surface area (Å²) in [5.41, 5.74) is -0.783. The Bertz CT molecular complexity index is 208. The Morgan fingerprint density at radius 2 is 1.93 bits per heavy atom. The van der Waals surface area contributed by atoms with E-state index in [2.05, 4.69) is 5.32 Å². The number of carboxylic acids is 1. The second-order valence-corrected chi connectivity index (χ2v) is 5.15. The van der Waals surface area contributed by atoms with Gasteiger partial charge in [0.1, 0.15) is 5.54 Å². The molecule has 88 valence electrons. The minimum atomic E-state index is -0.783. The molecule has 1 saturated carbocycles. The predicted octanol–water partition coefficient (Wildman–Crippen LogP) is 2.41. The van der Waals surface area contributed by atoms with Crippen molar-refractivity contribution in [2.24, 2.45) is 5.92 Å². The van der Waals surface area contributed by atoms with E-state index in [1.54, 1.807) is 13.8 Å². The summed E-state index contributed by atoms with van der Waals surface area (Å²) in [5, 5.41) is 12.0. The topological polar surface area (TPSA) is 49.3 Å². The first-order chi connectivity index (χ1) is 7.02. The van der Waals surface area contributed by atoms with Crippen LogP contribution < -0.4 is 5.32 Å². The Labute approximate surface area is 92.3 Å². The molecular formula is C12H23NO2. The highest BCUT2D eigenvalue weighted by Crippen LogP contribution is 2.25. The van der Waals surface area contributed by atoms with Gasteiger partial charge < -0.3 is 10.4 Å². The average molecular weight is 213 g/mol. The highest BCUT2D eigenvalue weighted by molar-refractivity contribution is 5.77. The molecule has 0 radical (unpaired) electrons. The summed E-state index contributed by atoms with van der Waals surface area (Å²) in [6.45, 7) is 4.26. The zero-order valence-corrected chi connectivity index (χ0v) is 9.88. The predicted molar refractivity (Wildman–Crippen MR) is 60.9 cm³/mol. The zero-order valence-electron chi connectivity index (χ0n) is 9.88. The van der Waals surface area contributed by atoms with Crippen molar-refractivity contribution in [2.75, 3.05) is 6.54 Å². The number of carbonyl (C=O) groups is 1. The maximum atomic E-state index is 10.8. The first-order valence-corrected chi connectivity index (χ1v) is 6.01. The number of rotatable bonds is 5. The molecular weight excluding hydrogens is 190 g/mol. The van der Waals surface area contributed by atoms with E-state index < -0.39 is 11.5 Å². The minimum Gasteiger partial charge on any atom is -0.480 e. The molecule has 0 heterocycles. The van der Waals surface area contributed by atoms with Crippen molar-refractivity contribution in [3.8, 4) is 0 Å². The molecule has 0 atom stereocenters. The lowest BCUT2D eigenvalue weighted by molar-refractivity contribution is -0.143. The third kappa shape index (κ3) is 4.20. The highest BCUT2D eigenvalue weighted by Gasteiger charge is 2.26. The fraction of sp³-hybridized carbons (Fsp3) is 0.917. The van der Waals surface area contributed by atoms with Crippen LogP contribution in [-0.4, -0.2) is 23.2 Å². The number of carboxylic acid groups (broad SMARTS) is 1. The van der Waals surface area contributed by atoms with Crippen LogP contribution in [-0.2, 0) is 4.79 Å². The zero-order chi connectivity index (χ0) is 11.3. The molecule has 1 rings (SSSR count). The largest absolute Gasteiger partial charge is 0.480 e. The lowest BCUT2D eigenvalue weighted by atomic mass is 9.87. The van der Waals surface area contributed by atoms with Gasteiger partial charge in [-0.3, -0.25) is 4.79 Å². The van der Waals surface area contributed by atoms with Crippen molar-refractivity contribution in [3.05, 3.63) is 0 Å². The Morgan fingerprint density at radius 1 is 1.33 bits per heavy atom. The molecule has 0 saturated heterocycles. The van der Waals surface area contributed by atoms with Crippen molar-refractivity contribution in [1.82, 2.24) is 5.32 Å². The maximum Gasteiger partial charge on any atom is 0.323 e. The van der Waals surface area contributed by atoms with Gasteiger partial charge >= 0.3 is 5.97 Å². The lowest BCUT2D eigenvalue weighted by Gasteiger charge is -2.25. The van der Waals surface area contributed by atoms with Crippen LogP contribution in [0.1, 0.15) is 52.4 Å². The third-order valence-electron chi connectivity index (χ3n) is 3.38. The van der Waals surface area contributed by atoms with Gasteiger partial charge in [0, 0.05) is 0 Å². The first kappa shape index (κ1) is 12.5. The number of hydrogen-bond donors (Lipinski definition) is 2. The summed E-state index contributed by atoms with van der Waals surface area (Å²) < 4.78 is 0. The number of nitrogens with one attached hydrogen (secondary N) is 1. The minimum absolute atomic E-state index is 0.772.